The van der Waals surface area contributed by atoms with Crippen LogP contribution in [0, 0.1) is 0 Å². The number of nitrogens with zero attached hydrogens (tertiary/aromatic N) is 3. The van der Waals surface area contributed by atoms with Gasteiger partial charge in [-0.25, -0.2) is 0 Å². The van der Waals surface area contributed by atoms with E-state index in [9.17, 15) is 19.8 Å². The third-order valence-corrected chi connectivity index (χ3v) is 5.46. The van der Waals surface area contributed by atoms with Gasteiger partial charge in [0.2, 0.25) is 11.8 Å². The van der Waals surface area contributed by atoms with Gasteiger partial charge >= 0.3 is 0 Å². The molecule has 5 rings (SSSR count). The van der Waals surface area contributed by atoms with Gasteiger partial charge < -0.3 is 19.7 Å². The minimum atomic E-state index is -0.762. The van der Waals surface area contributed by atoms with Gasteiger partial charge in [-0.05, 0) is 42.0 Å². The van der Waals surface area contributed by atoms with Crippen molar-refractivity contribution < 1.29 is 29.3 Å². The summed E-state index contributed by atoms with van der Waals surface area (Å²) >= 11 is 0. The van der Waals surface area contributed by atoms with Crippen LogP contribution in [0.1, 0.15) is 26.3 Å². The van der Waals surface area contributed by atoms with Gasteiger partial charge in [0.05, 0.1) is 6.54 Å². The van der Waals surface area contributed by atoms with Crippen molar-refractivity contribution in [1.29, 1.82) is 0 Å². The molecule has 0 aliphatic carbocycles. The first kappa shape index (κ1) is 21.2. The highest BCUT2D eigenvalue weighted by atomic mass is 16.6. The second kappa shape index (κ2) is 8.70. The Kier molecular flexibility index (Phi) is 5.43. The van der Waals surface area contributed by atoms with E-state index in [0.717, 1.165) is 5.56 Å². The van der Waals surface area contributed by atoms with Gasteiger partial charge in [0.15, 0.2) is 11.5 Å². The molecule has 0 saturated carbocycles. The molecule has 0 unspecified atom stereocenters. The van der Waals surface area contributed by atoms with Crippen molar-refractivity contribution in [1.82, 2.24) is 4.57 Å². The van der Waals surface area contributed by atoms with E-state index in [1.165, 1.54) is 34.9 Å². The third kappa shape index (κ3) is 3.95. The molecular formula is C25H19N3O6. The van der Waals surface area contributed by atoms with Crippen molar-refractivity contribution in [3.8, 4) is 23.3 Å². The lowest BCUT2D eigenvalue weighted by atomic mass is 10.1. The lowest BCUT2D eigenvalue weighted by molar-refractivity contribution is 0.0946. The molecule has 1 aromatic heterocycles. The fourth-order valence-electron chi connectivity index (χ4n) is 3.75. The van der Waals surface area contributed by atoms with Crippen molar-refractivity contribution in [2.75, 3.05) is 13.2 Å². The van der Waals surface area contributed by atoms with Gasteiger partial charge in [-0.15, -0.1) is 10.2 Å². The normalized spacial score (nSPS) is 12.8. The van der Waals surface area contributed by atoms with Crippen molar-refractivity contribution in [3.63, 3.8) is 0 Å². The maximum Gasteiger partial charge on any atom is 0.295 e. The summed E-state index contributed by atoms with van der Waals surface area (Å²) in [4.78, 5) is 24.9. The highest BCUT2D eigenvalue weighted by molar-refractivity contribution is 6.03. The van der Waals surface area contributed by atoms with Gasteiger partial charge in [-0.2, -0.15) is 0 Å². The van der Waals surface area contributed by atoms with Crippen molar-refractivity contribution >= 4 is 22.6 Å². The molecule has 0 spiro atoms. The van der Waals surface area contributed by atoms with E-state index in [-0.39, 0.29) is 34.8 Å². The Morgan fingerprint density at radius 2 is 1.38 bits per heavy atom. The summed E-state index contributed by atoms with van der Waals surface area (Å²) in [6, 6.07) is 18.3. The molecule has 0 atom stereocenters. The van der Waals surface area contributed by atoms with E-state index in [0.29, 0.717) is 30.1 Å². The number of hydrogen-bond donors (Lipinski definition) is 2. The lowest BCUT2D eigenvalue weighted by Crippen LogP contribution is -2.15. The average Bonchev–Trinajstić information content (AvgIpc) is 3.11. The number of rotatable bonds is 4. The molecule has 2 N–H and O–H groups in total. The molecule has 34 heavy (non-hydrogen) atoms. The molecule has 0 bridgehead atoms. The summed E-state index contributed by atoms with van der Waals surface area (Å²) in [5, 5.41) is 28.9. The van der Waals surface area contributed by atoms with Crippen LogP contribution in [0.15, 0.2) is 77.0 Å². The maximum atomic E-state index is 12.5. The summed E-state index contributed by atoms with van der Waals surface area (Å²) in [6.45, 7) is 1.06. The molecule has 0 fully saturated rings. The molecule has 9 heteroatoms. The van der Waals surface area contributed by atoms with Gasteiger partial charge in [-0.1, -0.05) is 30.3 Å². The number of carbonyl (C=O) groups excluding carboxylic acids is 2. The summed E-state index contributed by atoms with van der Waals surface area (Å²) < 4.78 is 12.2. The average molecular weight is 457 g/mol. The first-order valence-electron chi connectivity index (χ1n) is 10.5. The molecule has 0 saturated heterocycles. The Morgan fingerprint density at radius 3 is 2.12 bits per heavy atom. The van der Waals surface area contributed by atoms with Crippen LogP contribution in [0.2, 0.25) is 0 Å². The van der Waals surface area contributed by atoms with Crippen molar-refractivity contribution in [2.24, 2.45) is 10.2 Å². The number of carbonyl (C=O) groups is 2. The van der Waals surface area contributed by atoms with Crippen LogP contribution in [0.5, 0.6) is 23.3 Å². The number of hydrogen-bond acceptors (Lipinski definition) is 6. The predicted octanol–water partition coefficient (Wildman–Crippen LogP) is 4.30. The summed E-state index contributed by atoms with van der Waals surface area (Å²) in [6.07, 6.45) is 0. The van der Waals surface area contributed by atoms with E-state index in [1.54, 1.807) is 6.07 Å². The Hall–Kier alpha value is -4.66. The number of fused-ring (bicyclic) bond motifs is 2. The number of aromatic hydroxyl groups is 2. The highest BCUT2D eigenvalue weighted by Crippen LogP contribution is 2.37. The molecule has 2 heterocycles. The van der Waals surface area contributed by atoms with Crippen LogP contribution >= 0.6 is 0 Å². The van der Waals surface area contributed by atoms with Crippen molar-refractivity contribution in [3.05, 3.63) is 83.4 Å². The maximum absolute atomic E-state index is 12.5. The summed E-state index contributed by atoms with van der Waals surface area (Å²) in [5.74, 6) is -0.810. The number of azo groups is 1. The van der Waals surface area contributed by atoms with E-state index >= 15 is 0 Å². The van der Waals surface area contributed by atoms with Crippen LogP contribution < -0.4 is 9.47 Å². The van der Waals surface area contributed by atoms with E-state index in [1.807, 2.05) is 30.3 Å². The Bertz CT molecular complexity index is 1440. The fraction of sp³-hybridized carbons (Fsp3) is 0.120. The fourth-order valence-corrected chi connectivity index (χ4v) is 3.75. The van der Waals surface area contributed by atoms with E-state index in [4.69, 9.17) is 9.47 Å². The number of amides is 2. The van der Waals surface area contributed by atoms with E-state index in [2.05, 4.69) is 10.2 Å². The molecule has 0 radical (unpaired) electrons. The monoisotopic (exact) mass is 457 g/mol. The standard InChI is InChI=1S/C25H19N3O6/c29-22(26-27-23(30)17-7-9-20-21(13-17)34-11-10-33-20)16-6-8-18-19(12-16)25(32)28(24(18)31)14-15-4-2-1-3-5-15/h1-9,12-13,31-32H,10-11,14H2. The van der Waals surface area contributed by atoms with E-state index < -0.39 is 11.8 Å². The van der Waals surface area contributed by atoms with Gasteiger partial charge in [0.1, 0.15) is 13.2 Å². The predicted molar refractivity (Wildman–Crippen MR) is 122 cm³/mol. The quantitative estimate of drug-likeness (QED) is 0.441. The summed E-state index contributed by atoms with van der Waals surface area (Å²) in [5.41, 5.74) is 1.20. The second-order valence-electron chi connectivity index (χ2n) is 7.65. The minimum absolute atomic E-state index is 0.110. The zero-order valence-electron chi connectivity index (χ0n) is 17.8. The zero-order chi connectivity index (χ0) is 23.7. The number of ether oxygens (including phenoxy) is 2. The molecule has 4 aromatic rings. The minimum Gasteiger partial charge on any atom is -0.494 e. The molecule has 1 aliphatic heterocycles. The molecule has 1 aliphatic rings. The van der Waals surface area contributed by atoms with Crippen LogP contribution in [-0.2, 0) is 6.54 Å². The first-order chi connectivity index (χ1) is 16.5. The largest absolute Gasteiger partial charge is 0.494 e. The van der Waals surface area contributed by atoms with Crippen molar-refractivity contribution in [2.45, 2.75) is 6.54 Å². The highest BCUT2D eigenvalue weighted by Gasteiger charge is 2.19. The topological polar surface area (TPSA) is 123 Å². The summed E-state index contributed by atoms with van der Waals surface area (Å²) in [7, 11) is 0. The molecule has 9 nitrogen and oxygen atoms in total. The molecular weight excluding hydrogens is 438 g/mol. The molecule has 2 amide bonds. The van der Waals surface area contributed by atoms with Crippen LogP contribution in [0.25, 0.3) is 10.8 Å². The Morgan fingerprint density at radius 1 is 0.765 bits per heavy atom. The number of aromatic nitrogens is 1. The van der Waals surface area contributed by atoms with Gasteiger partial charge in [0.25, 0.3) is 11.8 Å². The SMILES string of the molecule is O=C(N=NC(=O)c1ccc2c(O)n(Cc3ccccc3)c(O)c2c1)c1ccc2c(c1)OCCO2. The van der Waals surface area contributed by atoms with Crippen LogP contribution in [-0.4, -0.2) is 39.8 Å². The smallest absolute Gasteiger partial charge is 0.295 e. The second-order valence-corrected chi connectivity index (χ2v) is 7.65. The zero-order valence-corrected chi connectivity index (χ0v) is 17.8. The van der Waals surface area contributed by atoms with Gasteiger partial charge in [-0.3, -0.25) is 14.2 Å². The first-order valence-corrected chi connectivity index (χ1v) is 10.5. The third-order valence-electron chi connectivity index (χ3n) is 5.46. The van der Waals surface area contributed by atoms with Crippen LogP contribution in [0.3, 0.4) is 0 Å². The molecule has 3 aromatic carbocycles. The lowest BCUT2D eigenvalue weighted by Gasteiger charge is -2.18. The molecule has 170 valence electrons. The van der Waals surface area contributed by atoms with Gasteiger partial charge in [0, 0.05) is 21.9 Å². The number of benzene rings is 3. The Labute approximate surface area is 193 Å². The van der Waals surface area contributed by atoms with Crippen LogP contribution in [0.4, 0.5) is 0 Å². The Balaban J connectivity index is 1.37.